The molecule has 17 nitrogen and oxygen atoms in total. The molecule has 1 saturated heterocycles. The Labute approximate surface area is 399 Å². The third kappa shape index (κ3) is 9.21. The van der Waals surface area contributed by atoms with E-state index in [0.717, 1.165) is 12.2 Å². The molecule has 1 aliphatic heterocycles. The molecule has 17 heteroatoms. The number of esters is 3. The van der Waals surface area contributed by atoms with E-state index in [-0.39, 0.29) is 41.7 Å². The highest BCUT2D eigenvalue weighted by molar-refractivity contribution is 6.18. The number of hydrogen-bond donors (Lipinski definition) is 4. The Hall–Kier alpha value is -5.88. The lowest BCUT2D eigenvalue weighted by molar-refractivity contribution is -0.339. The molecular formula is C52H61NO16. The van der Waals surface area contributed by atoms with Crippen molar-refractivity contribution in [3.05, 3.63) is 95.1 Å². The molecule has 0 radical (unpaired) electrons. The van der Waals surface area contributed by atoms with Crippen molar-refractivity contribution in [3.63, 3.8) is 0 Å². The highest BCUT2D eigenvalue weighted by atomic mass is 16.6. The third-order valence-electron chi connectivity index (χ3n) is 15.0. The molecule has 69 heavy (non-hydrogen) atoms. The van der Waals surface area contributed by atoms with Gasteiger partial charge in [0.05, 0.1) is 29.6 Å². The maximum absolute atomic E-state index is 15.3. The summed E-state index contributed by atoms with van der Waals surface area (Å²) in [6, 6.07) is 14.7. The average Bonchev–Trinajstić information content (AvgIpc) is 3.60. The van der Waals surface area contributed by atoms with Gasteiger partial charge in [0.15, 0.2) is 28.7 Å². The van der Waals surface area contributed by atoms with Gasteiger partial charge in [-0.25, -0.2) is 9.59 Å². The van der Waals surface area contributed by atoms with E-state index in [1.807, 2.05) is 0 Å². The summed E-state index contributed by atoms with van der Waals surface area (Å²) < 4.78 is 29.7. The second-order valence-electron chi connectivity index (χ2n) is 20.7. The number of alkyl carbamates (subject to hydrolysis) is 1. The topological polar surface area (TPSA) is 255 Å². The summed E-state index contributed by atoms with van der Waals surface area (Å²) in [6.45, 7) is 11.9. The molecule has 1 unspecified atom stereocenters. The van der Waals surface area contributed by atoms with Crippen molar-refractivity contribution in [1.82, 2.24) is 5.32 Å². The first-order valence-corrected chi connectivity index (χ1v) is 23.2. The van der Waals surface area contributed by atoms with Crippen LogP contribution in [0.4, 0.5) is 4.79 Å². The maximum Gasteiger partial charge on any atom is 0.408 e. The lowest BCUT2D eigenvalue weighted by atomic mass is 9.42. The quantitative estimate of drug-likeness (QED) is 0.0705. The standard InChI is InChI=1S/C52H61NO16/c1-27-36(66-46(62)43(67-39(59)22-19-31-33(55)20-21-34(31)56)41(30-17-13-10-14-18-30)53-47(63)69-48(3,4)5)25-52(64)32(23-35(57)29-15-11-9-12-16-29)44-50(8,45(61)42(60)40(27)49(52,6)7)37(58)24-38-51(44,26-65-38)68-28(2)54/h9-18,20-21,31-32,36-38,41-44,58,60,64H,19,22-26H2,1-8H3,(H,53,63)/t32-,36-,37-,38-,41-,42+,43-,44+,50+,51?,52+/m0/s1. The van der Waals surface area contributed by atoms with E-state index >= 15 is 9.59 Å². The molecule has 4 N–H and O–H groups in total. The molecule has 5 aliphatic rings. The molecule has 2 saturated carbocycles. The summed E-state index contributed by atoms with van der Waals surface area (Å²) in [6.07, 6.45) is -8.78. The number of Topliss-reactive ketones (excluding diaryl/α,β-unsaturated/α-hetero) is 2. The molecule has 2 aromatic rings. The molecule has 370 valence electrons. The van der Waals surface area contributed by atoms with Gasteiger partial charge in [-0.3, -0.25) is 28.8 Å². The number of aliphatic hydroxyl groups is 3. The van der Waals surface area contributed by atoms with Crippen LogP contribution in [0.15, 0.2) is 84.0 Å². The summed E-state index contributed by atoms with van der Waals surface area (Å²) in [4.78, 5) is 110. The number of hydrogen-bond acceptors (Lipinski definition) is 16. The highest BCUT2D eigenvalue weighted by Crippen LogP contribution is 2.66. The lowest BCUT2D eigenvalue weighted by Crippen LogP contribution is -2.80. The summed E-state index contributed by atoms with van der Waals surface area (Å²) in [5, 5.41) is 41.0. The predicted molar refractivity (Wildman–Crippen MR) is 243 cm³/mol. The van der Waals surface area contributed by atoms with Crippen molar-refractivity contribution in [2.24, 2.45) is 28.6 Å². The van der Waals surface area contributed by atoms with Gasteiger partial charge in [0.2, 0.25) is 6.10 Å². The summed E-state index contributed by atoms with van der Waals surface area (Å²) in [5.41, 5.74) is -7.93. The van der Waals surface area contributed by atoms with Crippen LogP contribution in [0.1, 0.15) is 109 Å². The lowest BCUT2D eigenvalue weighted by Gasteiger charge is -2.68. The van der Waals surface area contributed by atoms with Gasteiger partial charge in [-0.2, -0.15) is 0 Å². The monoisotopic (exact) mass is 955 g/mol. The van der Waals surface area contributed by atoms with E-state index in [0.29, 0.717) is 0 Å². The van der Waals surface area contributed by atoms with Crippen molar-refractivity contribution in [3.8, 4) is 0 Å². The molecule has 0 aromatic heterocycles. The fraction of sp³-hybridized carbons (Fsp3) is 0.538. The number of aliphatic hydroxyl groups excluding tert-OH is 2. The zero-order valence-corrected chi connectivity index (χ0v) is 40.0. The zero-order chi connectivity index (χ0) is 50.6. The molecule has 3 fully saturated rings. The van der Waals surface area contributed by atoms with Gasteiger partial charge >= 0.3 is 24.0 Å². The van der Waals surface area contributed by atoms with Crippen LogP contribution >= 0.6 is 0 Å². The van der Waals surface area contributed by atoms with Crippen LogP contribution in [0, 0.1) is 28.6 Å². The summed E-state index contributed by atoms with van der Waals surface area (Å²) >= 11 is 0. The summed E-state index contributed by atoms with van der Waals surface area (Å²) in [7, 11) is 0. The van der Waals surface area contributed by atoms with Gasteiger partial charge in [0.1, 0.15) is 30.0 Å². The fourth-order valence-corrected chi connectivity index (χ4v) is 11.6. The first-order chi connectivity index (χ1) is 32.3. The second-order valence-corrected chi connectivity index (χ2v) is 20.7. The molecule has 11 atom stereocenters. The molecule has 7 rings (SSSR count). The minimum Gasteiger partial charge on any atom is -0.455 e. The number of carbonyl (C=O) groups excluding carboxylic acids is 8. The maximum atomic E-state index is 15.3. The number of benzene rings is 2. The van der Waals surface area contributed by atoms with Crippen molar-refractivity contribution in [2.45, 2.75) is 141 Å². The summed E-state index contributed by atoms with van der Waals surface area (Å²) in [5.74, 6) is -9.31. The first kappa shape index (κ1) is 51.0. The van der Waals surface area contributed by atoms with E-state index < -0.39 is 148 Å². The number of ether oxygens (including phenoxy) is 5. The molecule has 1 heterocycles. The Bertz CT molecular complexity index is 2460. The highest BCUT2D eigenvalue weighted by Gasteiger charge is 2.76. The molecule has 0 spiro atoms. The van der Waals surface area contributed by atoms with E-state index in [2.05, 4.69) is 5.32 Å². The van der Waals surface area contributed by atoms with E-state index in [1.165, 1.54) is 20.8 Å². The van der Waals surface area contributed by atoms with Gasteiger partial charge in [0, 0.05) is 55.4 Å². The Kier molecular flexibility index (Phi) is 13.9. The van der Waals surface area contributed by atoms with Crippen molar-refractivity contribution in [1.29, 1.82) is 0 Å². The number of amides is 1. The Morgan fingerprint density at radius 1 is 0.913 bits per heavy atom. The van der Waals surface area contributed by atoms with Crippen LogP contribution < -0.4 is 5.32 Å². The number of ketones is 4. The number of allylic oxidation sites excluding steroid dienone is 2. The Morgan fingerprint density at radius 3 is 2.09 bits per heavy atom. The Balaban J connectivity index is 1.35. The van der Waals surface area contributed by atoms with Gasteiger partial charge in [0.25, 0.3) is 0 Å². The van der Waals surface area contributed by atoms with Gasteiger partial charge in [-0.1, -0.05) is 74.5 Å². The van der Waals surface area contributed by atoms with Gasteiger partial charge in [-0.15, -0.1) is 0 Å². The van der Waals surface area contributed by atoms with Crippen molar-refractivity contribution >= 4 is 47.1 Å². The van der Waals surface area contributed by atoms with E-state index in [1.54, 1.807) is 95.3 Å². The predicted octanol–water partition coefficient (Wildman–Crippen LogP) is 4.58. The number of nitrogens with one attached hydrogen (secondary N) is 1. The molecular weight excluding hydrogens is 895 g/mol. The minimum atomic E-state index is -2.25. The van der Waals surface area contributed by atoms with Crippen LogP contribution in [0.2, 0.25) is 0 Å². The number of carbonyl (C=O) groups is 8. The zero-order valence-electron chi connectivity index (χ0n) is 40.0. The van der Waals surface area contributed by atoms with Crippen LogP contribution in [0.25, 0.3) is 0 Å². The first-order valence-electron chi connectivity index (χ1n) is 23.2. The second kappa shape index (κ2) is 18.8. The number of fused-ring (bicyclic) bond motifs is 5. The number of rotatable bonds is 13. The molecule has 1 amide bonds. The molecule has 2 aromatic carbocycles. The van der Waals surface area contributed by atoms with Gasteiger partial charge < -0.3 is 44.3 Å². The fourth-order valence-electron chi connectivity index (χ4n) is 11.6. The van der Waals surface area contributed by atoms with E-state index in [9.17, 15) is 44.1 Å². The minimum absolute atomic E-state index is 0.0591. The smallest absolute Gasteiger partial charge is 0.408 e. The Morgan fingerprint density at radius 2 is 1.52 bits per heavy atom. The van der Waals surface area contributed by atoms with Crippen molar-refractivity contribution in [2.75, 3.05) is 6.61 Å². The van der Waals surface area contributed by atoms with Crippen LogP contribution in [-0.4, -0.2) is 116 Å². The van der Waals surface area contributed by atoms with Gasteiger partial charge in [-0.05, 0) is 69.9 Å². The van der Waals surface area contributed by atoms with Crippen LogP contribution in [-0.2, 0) is 52.5 Å². The van der Waals surface area contributed by atoms with Crippen LogP contribution in [0.5, 0.6) is 0 Å². The molecule has 2 bridgehead atoms. The molecule has 4 aliphatic carbocycles. The van der Waals surface area contributed by atoms with Crippen molar-refractivity contribution < 1.29 is 77.4 Å². The van der Waals surface area contributed by atoms with E-state index in [4.69, 9.17) is 23.7 Å². The normalized spacial score (nSPS) is 31.4. The third-order valence-corrected chi connectivity index (χ3v) is 15.0. The SMILES string of the molecule is CC(=O)OC12CO[C@H]1C[C@H](O)[C@@]1(C)C(=O)[C@H](O)C3=C(C)[C@@H](OC(=O)[C@@H](OC(=O)CCC4C(=O)C=CC4=O)[C@@H](NC(=O)OC(C)(C)C)c4ccccc4)C[C@@](O)([C@@H](CC(=O)c4ccccc4)[C@@H]21)C3(C)C. The average molecular weight is 956 g/mol. The van der Waals surface area contributed by atoms with Crippen LogP contribution in [0.3, 0.4) is 0 Å². The largest absolute Gasteiger partial charge is 0.455 e.